The fraction of sp³-hybridized carbons (Fsp3) is 0.429. The maximum Gasteiger partial charge on any atom is 0.337 e. The minimum absolute atomic E-state index is 0.0257. The average Bonchev–Trinajstić information content (AvgIpc) is 2.88. The second kappa shape index (κ2) is 5.58. The monoisotopic (exact) mass is 280 g/mol. The summed E-state index contributed by atoms with van der Waals surface area (Å²) in [7, 11) is 0. The van der Waals surface area contributed by atoms with Crippen LogP contribution in [0.25, 0.3) is 0 Å². The van der Waals surface area contributed by atoms with E-state index in [2.05, 4.69) is 5.32 Å². The van der Waals surface area contributed by atoms with Crippen LogP contribution >= 0.6 is 0 Å². The normalized spacial score (nSPS) is 16.9. The van der Waals surface area contributed by atoms with Gasteiger partial charge < -0.3 is 16.2 Å². The molecule has 0 aromatic heterocycles. The van der Waals surface area contributed by atoms with Crippen molar-refractivity contribution in [2.75, 3.05) is 11.9 Å². The van der Waals surface area contributed by atoms with E-state index in [0.717, 1.165) is 31.0 Å². The average molecular weight is 280 g/mol. The van der Waals surface area contributed by atoms with Crippen LogP contribution in [0.3, 0.4) is 0 Å². The number of rotatable bonds is 4. The quantitative estimate of drug-likeness (QED) is 0.786. The summed E-state index contributed by atoms with van der Waals surface area (Å²) in [5, 5.41) is 11.6. The summed E-state index contributed by atoms with van der Waals surface area (Å²) < 4.78 is 13.2. The summed E-state index contributed by atoms with van der Waals surface area (Å²) in [6, 6.07) is 3.20. The number of carbonyl (C=O) groups excluding carboxylic acids is 1. The summed E-state index contributed by atoms with van der Waals surface area (Å²) in [6.45, 7) is 0.205. The molecule has 1 aromatic carbocycles. The Balaban J connectivity index is 2.27. The SMILES string of the molecule is NCC1(C(=O)Nc2cc(F)ccc2C(=O)O)CCCC1. The number of carboxylic acids is 1. The first kappa shape index (κ1) is 14.5. The molecule has 20 heavy (non-hydrogen) atoms. The molecule has 1 aliphatic rings. The Morgan fingerprint density at radius 2 is 2.00 bits per heavy atom. The van der Waals surface area contributed by atoms with Crippen molar-refractivity contribution in [1.29, 1.82) is 0 Å². The van der Waals surface area contributed by atoms with Crippen molar-refractivity contribution in [3.63, 3.8) is 0 Å². The van der Waals surface area contributed by atoms with E-state index in [1.807, 2.05) is 0 Å². The number of anilines is 1. The Bertz CT molecular complexity index is 539. The predicted molar refractivity (Wildman–Crippen MR) is 71.9 cm³/mol. The number of amides is 1. The third-order valence-electron chi connectivity index (χ3n) is 3.89. The Hall–Kier alpha value is -1.95. The number of aromatic carboxylic acids is 1. The third-order valence-corrected chi connectivity index (χ3v) is 3.89. The summed E-state index contributed by atoms with van der Waals surface area (Å²) in [5.74, 6) is -2.14. The topological polar surface area (TPSA) is 92.4 Å². The zero-order valence-electron chi connectivity index (χ0n) is 11.0. The molecule has 4 N–H and O–H groups in total. The summed E-state index contributed by atoms with van der Waals surface area (Å²) in [5.41, 5.74) is 4.88. The molecular formula is C14H17FN2O3. The molecule has 1 aromatic rings. The van der Waals surface area contributed by atoms with Crippen LogP contribution in [0.4, 0.5) is 10.1 Å². The Morgan fingerprint density at radius 3 is 2.55 bits per heavy atom. The smallest absolute Gasteiger partial charge is 0.337 e. The molecule has 5 nitrogen and oxygen atoms in total. The highest BCUT2D eigenvalue weighted by Crippen LogP contribution is 2.38. The minimum Gasteiger partial charge on any atom is -0.478 e. The van der Waals surface area contributed by atoms with Crippen molar-refractivity contribution in [2.45, 2.75) is 25.7 Å². The summed E-state index contributed by atoms with van der Waals surface area (Å²) in [6.07, 6.45) is 3.18. The van der Waals surface area contributed by atoms with E-state index >= 15 is 0 Å². The van der Waals surface area contributed by atoms with Gasteiger partial charge in [-0.3, -0.25) is 4.79 Å². The lowest BCUT2D eigenvalue weighted by atomic mass is 9.85. The molecule has 0 saturated heterocycles. The molecule has 0 bridgehead atoms. The van der Waals surface area contributed by atoms with Crippen molar-refractivity contribution in [3.05, 3.63) is 29.6 Å². The molecule has 1 fully saturated rings. The summed E-state index contributed by atoms with van der Waals surface area (Å²) >= 11 is 0. The van der Waals surface area contributed by atoms with Crippen LogP contribution in [0.15, 0.2) is 18.2 Å². The van der Waals surface area contributed by atoms with Crippen LogP contribution in [-0.4, -0.2) is 23.5 Å². The molecule has 1 aliphatic carbocycles. The second-order valence-electron chi connectivity index (χ2n) is 5.14. The number of hydrogen-bond donors (Lipinski definition) is 3. The van der Waals surface area contributed by atoms with Crippen molar-refractivity contribution in [1.82, 2.24) is 0 Å². The van der Waals surface area contributed by atoms with E-state index in [1.165, 1.54) is 0 Å². The van der Waals surface area contributed by atoms with Crippen LogP contribution in [0.5, 0.6) is 0 Å². The lowest BCUT2D eigenvalue weighted by Crippen LogP contribution is -2.40. The van der Waals surface area contributed by atoms with Gasteiger partial charge in [-0.15, -0.1) is 0 Å². The minimum atomic E-state index is -1.21. The van der Waals surface area contributed by atoms with Crippen LogP contribution < -0.4 is 11.1 Å². The van der Waals surface area contributed by atoms with Crippen molar-refractivity contribution < 1.29 is 19.1 Å². The standard InChI is InChI=1S/C14H17FN2O3/c15-9-3-4-10(12(18)19)11(7-9)17-13(20)14(8-16)5-1-2-6-14/h3-4,7H,1-2,5-6,8,16H2,(H,17,20)(H,18,19). The van der Waals surface area contributed by atoms with E-state index in [1.54, 1.807) is 0 Å². The van der Waals surface area contributed by atoms with Gasteiger partial charge in [0.25, 0.3) is 0 Å². The highest BCUT2D eigenvalue weighted by molar-refractivity contribution is 6.02. The molecule has 0 atom stereocenters. The zero-order valence-corrected chi connectivity index (χ0v) is 11.0. The lowest BCUT2D eigenvalue weighted by Gasteiger charge is -2.26. The Labute approximate surface area is 116 Å². The fourth-order valence-electron chi connectivity index (χ4n) is 2.64. The van der Waals surface area contributed by atoms with Gasteiger partial charge in [0.15, 0.2) is 0 Å². The molecule has 1 saturated carbocycles. The number of nitrogens with two attached hydrogens (primary N) is 1. The Morgan fingerprint density at radius 1 is 1.35 bits per heavy atom. The maximum atomic E-state index is 13.2. The Kier molecular flexibility index (Phi) is 4.04. The molecule has 0 unspecified atom stereocenters. The van der Waals surface area contributed by atoms with Gasteiger partial charge in [0.05, 0.1) is 16.7 Å². The molecule has 0 radical (unpaired) electrons. The highest BCUT2D eigenvalue weighted by Gasteiger charge is 2.40. The zero-order chi connectivity index (χ0) is 14.8. The number of halogens is 1. The first-order chi connectivity index (χ1) is 9.48. The first-order valence-electron chi connectivity index (χ1n) is 6.53. The molecule has 0 spiro atoms. The molecular weight excluding hydrogens is 263 g/mol. The molecule has 0 aliphatic heterocycles. The van der Waals surface area contributed by atoms with E-state index in [4.69, 9.17) is 10.8 Å². The molecule has 2 rings (SSSR count). The van der Waals surface area contributed by atoms with Crippen LogP contribution in [0.1, 0.15) is 36.0 Å². The van der Waals surface area contributed by atoms with Crippen molar-refractivity contribution in [2.24, 2.45) is 11.1 Å². The molecule has 108 valence electrons. The van der Waals surface area contributed by atoms with Gasteiger partial charge in [-0.25, -0.2) is 9.18 Å². The van der Waals surface area contributed by atoms with E-state index < -0.39 is 17.2 Å². The van der Waals surface area contributed by atoms with Crippen molar-refractivity contribution in [3.8, 4) is 0 Å². The van der Waals surface area contributed by atoms with Crippen LogP contribution in [0, 0.1) is 11.2 Å². The molecule has 1 amide bonds. The van der Waals surface area contributed by atoms with Gasteiger partial charge in [-0.05, 0) is 31.0 Å². The van der Waals surface area contributed by atoms with Gasteiger partial charge in [0.1, 0.15) is 5.82 Å². The number of nitrogens with one attached hydrogen (secondary N) is 1. The van der Waals surface area contributed by atoms with Gasteiger partial charge in [0, 0.05) is 6.54 Å². The van der Waals surface area contributed by atoms with E-state index in [0.29, 0.717) is 12.8 Å². The number of hydrogen-bond acceptors (Lipinski definition) is 3. The summed E-state index contributed by atoms with van der Waals surface area (Å²) in [4.78, 5) is 23.4. The van der Waals surface area contributed by atoms with Gasteiger partial charge in [0.2, 0.25) is 5.91 Å². The van der Waals surface area contributed by atoms with E-state index in [9.17, 15) is 14.0 Å². The first-order valence-corrected chi connectivity index (χ1v) is 6.53. The number of carbonyl (C=O) groups is 2. The lowest BCUT2D eigenvalue weighted by molar-refractivity contribution is -0.124. The second-order valence-corrected chi connectivity index (χ2v) is 5.14. The molecule has 6 heteroatoms. The molecule has 0 heterocycles. The van der Waals surface area contributed by atoms with Gasteiger partial charge in [-0.1, -0.05) is 12.8 Å². The van der Waals surface area contributed by atoms with Gasteiger partial charge >= 0.3 is 5.97 Å². The highest BCUT2D eigenvalue weighted by atomic mass is 19.1. The van der Waals surface area contributed by atoms with Crippen LogP contribution in [0.2, 0.25) is 0 Å². The van der Waals surface area contributed by atoms with E-state index in [-0.39, 0.29) is 23.7 Å². The largest absolute Gasteiger partial charge is 0.478 e. The number of carboxylic acid groups (broad SMARTS) is 1. The third kappa shape index (κ3) is 2.65. The number of benzene rings is 1. The van der Waals surface area contributed by atoms with Crippen molar-refractivity contribution >= 4 is 17.6 Å². The predicted octanol–water partition coefficient (Wildman–Crippen LogP) is 1.98. The maximum absolute atomic E-state index is 13.2. The van der Waals surface area contributed by atoms with Gasteiger partial charge in [-0.2, -0.15) is 0 Å². The fourth-order valence-corrected chi connectivity index (χ4v) is 2.64. The van der Waals surface area contributed by atoms with Crippen LogP contribution in [-0.2, 0) is 4.79 Å².